The molecular formula is C21H24N6O3. The van der Waals surface area contributed by atoms with Gasteiger partial charge in [-0.1, -0.05) is 0 Å². The first-order chi connectivity index (χ1) is 14.5. The Morgan fingerprint density at radius 1 is 1.03 bits per heavy atom. The maximum Gasteiger partial charge on any atom is 0.273 e. The third kappa shape index (κ3) is 4.40. The summed E-state index contributed by atoms with van der Waals surface area (Å²) in [5.74, 6) is -0.148. The zero-order valence-corrected chi connectivity index (χ0v) is 16.8. The smallest absolute Gasteiger partial charge is 0.273 e. The average Bonchev–Trinajstić information content (AvgIpc) is 3.48. The number of carbonyl (C=O) groups excluding carboxylic acids is 3. The number of amides is 3. The topological polar surface area (TPSA) is 116 Å². The summed E-state index contributed by atoms with van der Waals surface area (Å²) in [7, 11) is 1.51. The molecule has 0 atom stereocenters. The molecule has 0 unspecified atom stereocenters. The van der Waals surface area contributed by atoms with Crippen LogP contribution >= 0.6 is 0 Å². The average molecular weight is 408 g/mol. The molecule has 2 fully saturated rings. The lowest BCUT2D eigenvalue weighted by atomic mass is 10.1. The van der Waals surface area contributed by atoms with Gasteiger partial charge >= 0.3 is 0 Å². The normalized spacial score (nSPS) is 15.6. The first kappa shape index (κ1) is 19.8. The fraction of sp³-hybridized carbons (Fsp3) is 0.381. The number of rotatable bonds is 6. The lowest BCUT2D eigenvalue weighted by Gasteiger charge is -2.16. The lowest BCUT2D eigenvalue weighted by molar-refractivity contribution is -0.117. The molecular weight excluding hydrogens is 384 g/mol. The van der Waals surface area contributed by atoms with Crippen LogP contribution in [0.5, 0.6) is 0 Å². The molecule has 2 aromatic rings. The highest BCUT2D eigenvalue weighted by Gasteiger charge is 2.30. The van der Waals surface area contributed by atoms with E-state index >= 15 is 0 Å². The second kappa shape index (κ2) is 8.48. The van der Waals surface area contributed by atoms with Crippen molar-refractivity contribution in [2.75, 3.05) is 30.8 Å². The fourth-order valence-corrected chi connectivity index (χ4v) is 3.36. The van der Waals surface area contributed by atoms with E-state index in [9.17, 15) is 14.4 Å². The molecule has 1 saturated heterocycles. The Morgan fingerprint density at radius 3 is 2.37 bits per heavy atom. The summed E-state index contributed by atoms with van der Waals surface area (Å²) < 4.78 is 0. The van der Waals surface area contributed by atoms with Crippen LogP contribution in [0.25, 0.3) is 0 Å². The van der Waals surface area contributed by atoms with E-state index in [1.54, 1.807) is 30.3 Å². The summed E-state index contributed by atoms with van der Waals surface area (Å²) >= 11 is 0. The number of nitrogens with one attached hydrogen (secondary N) is 3. The molecule has 0 spiro atoms. The van der Waals surface area contributed by atoms with Crippen LogP contribution in [-0.2, 0) is 4.79 Å². The Morgan fingerprint density at radius 2 is 1.73 bits per heavy atom. The van der Waals surface area contributed by atoms with Crippen molar-refractivity contribution in [3.63, 3.8) is 0 Å². The van der Waals surface area contributed by atoms with Gasteiger partial charge in [0.05, 0.1) is 5.69 Å². The fourth-order valence-electron chi connectivity index (χ4n) is 3.36. The zero-order valence-electron chi connectivity index (χ0n) is 16.8. The van der Waals surface area contributed by atoms with E-state index in [0.717, 1.165) is 38.8 Å². The number of anilines is 3. The molecule has 4 rings (SSSR count). The summed E-state index contributed by atoms with van der Waals surface area (Å²) in [4.78, 5) is 38.5. The summed E-state index contributed by atoms with van der Waals surface area (Å²) in [5.41, 5.74) is 1.83. The molecule has 1 aliphatic carbocycles. The van der Waals surface area contributed by atoms with Crippen molar-refractivity contribution in [2.24, 2.45) is 5.92 Å². The molecule has 2 aliphatic rings. The van der Waals surface area contributed by atoms with Gasteiger partial charge in [0.1, 0.15) is 0 Å². The second-order valence-electron chi connectivity index (χ2n) is 7.54. The number of hydrogen-bond acceptors (Lipinski definition) is 6. The van der Waals surface area contributed by atoms with E-state index in [-0.39, 0.29) is 29.2 Å². The van der Waals surface area contributed by atoms with Crippen LogP contribution in [0.2, 0.25) is 0 Å². The molecule has 30 heavy (non-hydrogen) atoms. The number of likely N-dealkylation sites (tertiary alicyclic amines) is 1. The van der Waals surface area contributed by atoms with Gasteiger partial charge in [0.25, 0.3) is 11.8 Å². The Labute approximate surface area is 174 Å². The predicted octanol–water partition coefficient (Wildman–Crippen LogP) is 2.16. The summed E-state index contributed by atoms with van der Waals surface area (Å²) in [6.07, 6.45) is 3.84. The minimum atomic E-state index is -0.397. The number of nitrogens with zero attached hydrogens (tertiary/aromatic N) is 3. The first-order valence-electron chi connectivity index (χ1n) is 10.1. The third-order valence-electron chi connectivity index (χ3n) is 5.24. The van der Waals surface area contributed by atoms with Crippen LogP contribution in [0.3, 0.4) is 0 Å². The highest BCUT2D eigenvalue weighted by atomic mass is 16.2. The molecule has 1 saturated carbocycles. The Balaban J connectivity index is 1.53. The molecule has 0 radical (unpaired) electrons. The number of aromatic nitrogens is 2. The predicted molar refractivity (Wildman–Crippen MR) is 112 cm³/mol. The van der Waals surface area contributed by atoms with Crippen LogP contribution in [0, 0.1) is 5.92 Å². The van der Waals surface area contributed by atoms with Gasteiger partial charge in [-0.25, -0.2) is 0 Å². The minimum absolute atomic E-state index is 0.0285. The van der Waals surface area contributed by atoms with Crippen molar-refractivity contribution >= 4 is 34.9 Å². The van der Waals surface area contributed by atoms with E-state index in [4.69, 9.17) is 0 Å². The monoisotopic (exact) mass is 408 g/mol. The van der Waals surface area contributed by atoms with Crippen LogP contribution in [0.15, 0.2) is 30.3 Å². The van der Waals surface area contributed by atoms with Crippen molar-refractivity contribution in [3.05, 3.63) is 41.6 Å². The summed E-state index contributed by atoms with van der Waals surface area (Å²) in [6, 6.07) is 8.65. The molecule has 1 aromatic heterocycles. The Hall–Kier alpha value is -3.49. The van der Waals surface area contributed by atoms with Gasteiger partial charge in [-0.15, -0.1) is 10.2 Å². The third-order valence-corrected chi connectivity index (χ3v) is 5.24. The van der Waals surface area contributed by atoms with Crippen LogP contribution in [0.1, 0.15) is 46.5 Å². The largest absolute Gasteiger partial charge is 0.354 e. The standard InChI is InChI=1S/C21H24N6O3/c1-22-20(29)18-16(12-17(25-26-18)24-19(28)13-4-5-13)23-15-8-6-14(7-9-15)21(30)27-10-2-3-11-27/h6-9,12-13H,2-5,10-11H2,1H3,(H,22,29)(H2,23,24,25,28). The molecule has 9 heteroatoms. The lowest BCUT2D eigenvalue weighted by Crippen LogP contribution is -2.27. The quantitative estimate of drug-likeness (QED) is 0.675. The molecule has 0 bridgehead atoms. The molecule has 3 N–H and O–H groups in total. The summed E-state index contributed by atoms with van der Waals surface area (Å²) in [6.45, 7) is 1.60. The van der Waals surface area contributed by atoms with E-state index in [2.05, 4.69) is 26.1 Å². The van der Waals surface area contributed by atoms with Crippen LogP contribution in [-0.4, -0.2) is 53.0 Å². The molecule has 1 aliphatic heterocycles. The van der Waals surface area contributed by atoms with Gasteiger partial charge in [0.15, 0.2) is 11.5 Å². The maximum absolute atomic E-state index is 12.5. The first-order valence-corrected chi connectivity index (χ1v) is 10.1. The number of benzene rings is 1. The van der Waals surface area contributed by atoms with E-state index in [1.807, 2.05) is 4.90 Å². The van der Waals surface area contributed by atoms with Crippen molar-refractivity contribution < 1.29 is 14.4 Å². The van der Waals surface area contributed by atoms with Gasteiger partial charge in [-0.3, -0.25) is 14.4 Å². The number of hydrogen-bond donors (Lipinski definition) is 3. The van der Waals surface area contributed by atoms with Crippen LogP contribution < -0.4 is 16.0 Å². The minimum Gasteiger partial charge on any atom is -0.354 e. The van der Waals surface area contributed by atoms with Gasteiger partial charge in [0.2, 0.25) is 5.91 Å². The van der Waals surface area contributed by atoms with Crippen molar-refractivity contribution in [1.82, 2.24) is 20.4 Å². The van der Waals surface area contributed by atoms with Gasteiger partial charge in [0, 0.05) is 43.4 Å². The van der Waals surface area contributed by atoms with Crippen molar-refractivity contribution in [1.29, 1.82) is 0 Å². The van der Waals surface area contributed by atoms with E-state index in [0.29, 0.717) is 16.9 Å². The Bertz CT molecular complexity index is 965. The van der Waals surface area contributed by atoms with Crippen molar-refractivity contribution in [2.45, 2.75) is 25.7 Å². The highest BCUT2D eigenvalue weighted by Crippen LogP contribution is 2.30. The van der Waals surface area contributed by atoms with Gasteiger partial charge < -0.3 is 20.9 Å². The molecule has 156 valence electrons. The zero-order chi connectivity index (χ0) is 21.1. The Kier molecular flexibility index (Phi) is 5.60. The van der Waals surface area contributed by atoms with E-state index in [1.165, 1.54) is 7.05 Å². The van der Waals surface area contributed by atoms with Crippen molar-refractivity contribution in [3.8, 4) is 0 Å². The molecule has 3 amide bonds. The molecule has 2 heterocycles. The van der Waals surface area contributed by atoms with E-state index < -0.39 is 5.91 Å². The number of carbonyl (C=O) groups is 3. The molecule has 9 nitrogen and oxygen atoms in total. The maximum atomic E-state index is 12.5. The second-order valence-corrected chi connectivity index (χ2v) is 7.54. The summed E-state index contributed by atoms with van der Waals surface area (Å²) in [5, 5.41) is 16.3. The highest BCUT2D eigenvalue weighted by molar-refractivity contribution is 6.00. The SMILES string of the molecule is CNC(=O)c1nnc(NC(=O)C2CC2)cc1Nc1ccc(C(=O)N2CCCC2)cc1. The van der Waals surface area contributed by atoms with Crippen LogP contribution in [0.4, 0.5) is 17.2 Å². The molecule has 1 aromatic carbocycles. The van der Waals surface area contributed by atoms with Gasteiger partial charge in [-0.05, 0) is 49.9 Å². The van der Waals surface area contributed by atoms with Gasteiger partial charge in [-0.2, -0.15) is 0 Å².